The molecule has 0 aliphatic rings. The van der Waals surface area contributed by atoms with Gasteiger partial charge in [-0.1, -0.05) is 27.5 Å². The predicted octanol–water partition coefficient (Wildman–Crippen LogP) is 5.11. The Labute approximate surface area is 140 Å². The first-order chi connectivity index (χ1) is 10.6. The molecule has 22 heavy (non-hydrogen) atoms. The molecule has 0 radical (unpaired) electrons. The number of anilines is 1. The number of carbonyl (C=O) groups excluding carboxylic acids is 1. The van der Waals surface area contributed by atoms with Gasteiger partial charge in [0.1, 0.15) is 11.3 Å². The third kappa shape index (κ3) is 2.96. The van der Waals surface area contributed by atoms with E-state index < -0.39 is 0 Å². The minimum atomic E-state index is -0.368. The zero-order chi connectivity index (χ0) is 15.7. The van der Waals surface area contributed by atoms with Gasteiger partial charge in [0, 0.05) is 14.9 Å². The van der Waals surface area contributed by atoms with Crippen LogP contribution in [0.15, 0.2) is 51.4 Å². The van der Waals surface area contributed by atoms with Crippen LogP contribution in [0.1, 0.15) is 10.6 Å². The van der Waals surface area contributed by atoms with Crippen LogP contribution in [0.3, 0.4) is 0 Å². The van der Waals surface area contributed by atoms with E-state index in [1.807, 2.05) is 12.1 Å². The number of furan rings is 1. The summed E-state index contributed by atoms with van der Waals surface area (Å²) in [6.45, 7) is 0. The highest BCUT2D eigenvalue weighted by Crippen LogP contribution is 2.29. The van der Waals surface area contributed by atoms with Crippen LogP contribution in [-0.2, 0) is 0 Å². The maximum atomic E-state index is 12.3. The van der Waals surface area contributed by atoms with Crippen molar-refractivity contribution in [2.75, 3.05) is 12.4 Å². The van der Waals surface area contributed by atoms with Gasteiger partial charge in [-0.2, -0.15) is 0 Å². The standard InChI is InChI=1S/C16H11BrClNO3/c1-21-14-5-3-11(18)8-12(14)19-16(20)15-7-9-6-10(17)2-4-13(9)22-15/h2-8H,1H3,(H,19,20). The first-order valence-electron chi connectivity index (χ1n) is 6.41. The number of carbonyl (C=O) groups is 1. The molecule has 0 fully saturated rings. The lowest BCUT2D eigenvalue weighted by Gasteiger charge is -2.09. The Hall–Kier alpha value is -1.98. The Morgan fingerprint density at radius 3 is 2.82 bits per heavy atom. The van der Waals surface area contributed by atoms with Gasteiger partial charge >= 0.3 is 0 Å². The highest BCUT2D eigenvalue weighted by molar-refractivity contribution is 9.10. The van der Waals surface area contributed by atoms with Gasteiger partial charge in [-0.15, -0.1) is 0 Å². The maximum Gasteiger partial charge on any atom is 0.291 e. The molecule has 0 saturated heterocycles. The molecule has 0 atom stereocenters. The smallest absolute Gasteiger partial charge is 0.291 e. The van der Waals surface area contributed by atoms with Gasteiger partial charge in [-0.25, -0.2) is 0 Å². The lowest BCUT2D eigenvalue weighted by Crippen LogP contribution is -2.11. The molecular formula is C16H11BrClNO3. The Bertz CT molecular complexity index is 860. The maximum absolute atomic E-state index is 12.3. The van der Waals surface area contributed by atoms with Gasteiger partial charge in [0.25, 0.3) is 5.91 Å². The van der Waals surface area contributed by atoms with Gasteiger partial charge in [0.2, 0.25) is 0 Å². The quantitative estimate of drug-likeness (QED) is 0.687. The van der Waals surface area contributed by atoms with Crippen LogP contribution in [0, 0.1) is 0 Å². The second kappa shape index (κ2) is 6.02. The first kappa shape index (κ1) is 14.9. The van der Waals surface area contributed by atoms with Crippen LogP contribution in [0.5, 0.6) is 5.75 Å². The molecule has 6 heteroatoms. The van der Waals surface area contributed by atoms with Crippen molar-refractivity contribution in [1.29, 1.82) is 0 Å². The van der Waals surface area contributed by atoms with Gasteiger partial charge in [-0.3, -0.25) is 4.79 Å². The third-order valence-electron chi connectivity index (χ3n) is 3.11. The molecule has 2 aromatic carbocycles. The van der Waals surface area contributed by atoms with Gasteiger partial charge in [-0.05, 0) is 42.5 Å². The van der Waals surface area contributed by atoms with E-state index in [4.69, 9.17) is 20.8 Å². The fraction of sp³-hybridized carbons (Fsp3) is 0.0625. The van der Waals surface area contributed by atoms with Crippen molar-refractivity contribution < 1.29 is 13.9 Å². The molecule has 1 heterocycles. The summed E-state index contributed by atoms with van der Waals surface area (Å²) in [4.78, 5) is 12.3. The van der Waals surface area contributed by atoms with Crippen molar-refractivity contribution in [2.24, 2.45) is 0 Å². The van der Waals surface area contributed by atoms with Crippen LogP contribution < -0.4 is 10.1 Å². The third-order valence-corrected chi connectivity index (χ3v) is 3.84. The summed E-state index contributed by atoms with van der Waals surface area (Å²) in [6.07, 6.45) is 0. The number of hydrogen-bond donors (Lipinski definition) is 1. The number of methoxy groups -OCH3 is 1. The lowest BCUT2D eigenvalue weighted by atomic mass is 10.2. The Balaban J connectivity index is 1.91. The lowest BCUT2D eigenvalue weighted by molar-refractivity contribution is 0.0998. The molecule has 1 amide bonds. The zero-order valence-corrected chi connectivity index (χ0v) is 13.9. The van der Waals surface area contributed by atoms with E-state index in [2.05, 4.69) is 21.2 Å². The number of fused-ring (bicyclic) bond motifs is 1. The summed E-state index contributed by atoms with van der Waals surface area (Å²) in [5, 5.41) is 4.09. The van der Waals surface area contributed by atoms with Crippen LogP contribution in [0.2, 0.25) is 5.02 Å². The summed E-state index contributed by atoms with van der Waals surface area (Å²) >= 11 is 9.34. The van der Waals surface area contributed by atoms with E-state index >= 15 is 0 Å². The molecule has 0 aliphatic heterocycles. The topological polar surface area (TPSA) is 51.5 Å². The number of ether oxygens (including phenoxy) is 1. The molecule has 0 spiro atoms. The molecule has 112 valence electrons. The molecule has 1 N–H and O–H groups in total. The highest BCUT2D eigenvalue weighted by Gasteiger charge is 2.15. The van der Waals surface area contributed by atoms with Gasteiger partial charge in [0.15, 0.2) is 5.76 Å². The van der Waals surface area contributed by atoms with Crippen molar-refractivity contribution >= 4 is 50.1 Å². The van der Waals surface area contributed by atoms with Crippen LogP contribution in [0.4, 0.5) is 5.69 Å². The van der Waals surface area contributed by atoms with Crippen molar-refractivity contribution in [3.63, 3.8) is 0 Å². The van der Waals surface area contributed by atoms with Crippen molar-refractivity contribution in [1.82, 2.24) is 0 Å². The number of nitrogens with one attached hydrogen (secondary N) is 1. The highest BCUT2D eigenvalue weighted by atomic mass is 79.9. The average molecular weight is 381 g/mol. The van der Waals surface area contributed by atoms with E-state index in [0.29, 0.717) is 22.0 Å². The molecule has 3 rings (SSSR count). The van der Waals surface area contributed by atoms with Crippen molar-refractivity contribution in [3.05, 3.63) is 57.7 Å². The second-order valence-corrected chi connectivity index (χ2v) is 5.94. The normalized spacial score (nSPS) is 10.7. The number of rotatable bonds is 3. The minimum Gasteiger partial charge on any atom is -0.495 e. The fourth-order valence-electron chi connectivity index (χ4n) is 2.09. The molecule has 0 bridgehead atoms. The molecule has 1 aromatic heterocycles. The van der Waals surface area contributed by atoms with Crippen LogP contribution >= 0.6 is 27.5 Å². The summed E-state index contributed by atoms with van der Waals surface area (Å²) in [6, 6.07) is 12.2. The first-order valence-corrected chi connectivity index (χ1v) is 7.58. The van der Waals surface area contributed by atoms with E-state index in [9.17, 15) is 4.79 Å². The largest absolute Gasteiger partial charge is 0.495 e. The predicted molar refractivity (Wildman–Crippen MR) is 89.9 cm³/mol. The minimum absolute atomic E-state index is 0.218. The fourth-order valence-corrected chi connectivity index (χ4v) is 2.64. The van der Waals surface area contributed by atoms with Crippen LogP contribution in [-0.4, -0.2) is 13.0 Å². The molecule has 3 aromatic rings. The van der Waals surface area contributed by atoms with E-state index in [-0.39, 0.29) is 11.7 Å². The molecule has 0 aliphatic carbocycles. The number of amides is 1. The van der Waals surface area contributed by atoms with Crippen molar-refractivity contribution in [3.8, 4) is 5.75 Å². The van der Waals surface area contributed by atoms with E-state index in [0.717, 1.165) is 9.86 Å². The summed E-state index contributed by atoms with van der Waals surface area (Å²) in [5.41, 5.74) is 1.13. The molecule has 0 unspecified atom stereocenters. The molecule has 4 nitrogen and oxygen atoms in total. The SMILES string of the molecule is COc1ccc(Cl)cc1NC(=O)c1cc2cc(Br)ccc2o1. The number of hydrogen-bond acceptors (Lipinski definition) is 3. The summed E-state index contributed by atoms with van der Waals surface area (Å²) < 4.78 is 11.7. The van der Waals surface area contributed by atoms with E-state index in [1.165, 1.54) is 7.11 Å². The Morgan fingerprint density at radius 1 is 1.23 bits per heavy atom. The van der Waals surface area contributed by atoms with Crippen molar-refractivity contribution in [2.45, 2.75) is 0 Å². The second-order valence-electron chi connectivity index (χ2n) is 4.59. The molecular weight excluding hydrogens is 370 g/mol. The summed E-state index contributed by atoms with van der Waals surface area (Å²) in [7, 11) is 1.53. The molecule has 0 saturated carbocycles. The van der Waals surface area contributed by atoms with Crippen LogP contribution in [0.25, 0.3) is 11.0 Å². The summed E-state index contributed by atoms with van der Waals surface area (Å²) in [5.74, 6) is 0.375. The Kier molecular flexibility index (Phi) is 4.09. The Morgan fingerprint density at radius 2 is 2.05 bits per heavy atom. The van der Waals surface area contributed by atoms with Gasteiger partial charge in [0.05, 0.1) is 12.8 Å². The zero-order valence-electron chi connectivity index (χ0n) is 11.5. The number of halogens is 2. The number of benzene rings is 2. The average Bonchev–Trinajstić information content (AvgIpc) is 2.90. The van der Waals surface area contributed by atoms with E-state index in [1.54, 1.807) is 30.3 Å². The van der Waals surface area contributed by atoms with Gasteiger partial charge < -0.3 is 14.5 Å². The monoisotopic (exact) mass is 379 g/mol.